The van der Waals surface area contributed by atoms with Gasteiger partial charge in [-0.3, -0.25) is 0 Å². The van der Waals surface area contributed by atoms with Crippen LogP contribution < -0.4 is 5.32 Å². The molecule has 0 aliphatic carbocycles. The Hall–Kier alpha value is -0.450. The molecule has 17 heavy (non-hydrogen) atoms. The number of nitrogens with one attached hydrogen (secondary N) is 1. The Bertz CT molecular complexity index is 380. The molecule has 2 rings (SSSR count). The van der Waals surface area contributed by atoms with E-state index in [9.17, 15) is 4.39 Å². The molecule has 0 amide bonds. The monoisotopic (exact) mass is 301 g/mol. The van der Waals surface area contributed by atoms with Crippen LogP contribution in [0.4, 0.5) is 4.39 Å². The topological polar surface area (TPSA) is 21.3 Å². The maximum Gasteiger partial charge on any atom is 0.128 e. The molecular weight excluding hydrogens is 285 g/mol. The minimum Gasteiger partial charge on any atom is -0.376 e. The third-order valence-corrected chi connectivity index (χ3v) is 3.55. The van der Waals surface area contributed by atoms with E-state index in [0.29, 0.717) is 5.56 Å². The van der Waals surface area contributed by atoms with Crippen molar-refractivity contribution in [1.29, 1.82) is 0 Å². The van der Waals surface area contributed by atoms with Crippen LogP contribution in [0.25, 0.3) is 0 Å². The van der Waals surface area contributed by atoms with Gasteiger partial charge in [-0.1, -0.05) is 22.9 Å². The van der Waals surface area contributed by atoms with Gasteiger partial charge in [0.2, 0.25) is 0 Å². The van der Waals surface area contributed by atoms with Crippen molar-refractivity contribution in [2.24, 2.45) is 0 Å². The largest absolute Gasteiger partial charge is 0.376 e. The number of hydrogen-bond acceptors (Lipinski definition) is 2. The lowest BCUT2D eigenvalue weighted by Gasteiger charge is -2.24. The van der Waals surface area contributed by atoms with Gasteiger partial charge in [0.1, 0.15) is 5.82 Å². The molecule has 2 atom stereocenters. The van der Waals surface area contributed by atoms with E-state index < -0.39 is 0 Å². The summed E-state index contributed by atoms with van der Waals surface area (Å²) in [6.45, 7) is 3.61. The number of ether oxygens (including phenoxy) is 1. The Morgan fingerprint density at radius 1 is 1.59 bits per heavy atom. The summed E-state index contributed by atoms with van der Waals surface area (Å²) in [4.78, 5) is 0. The second-order valence-corrected chi connectivity index (χ2v) is 5.17. The fraction of sp³-hybridized carbons (Fsp3) is 0.538. The fourth-order valence-electron chi connectivity index (χ4n) is 2.28. The molecule has 1 aliphatic heterocycles. The van der Waals surface area contributed by atoms with Gasteiger partial charge < -0.3 is 10.1 Å². The van der Waals surface area contributed by atoms with E-state index in [1.165, 1.54) is 6.07 Å². The van der Waals surface area contributed by atoms with Crippen LogP contribution in [-0.4, -0.2) is 19.3 Å². The van der Waals surface area contributed by atoms with Crippen LogP contribution in [0.1, 0.15) is 31.4 Å². The zero-order chi connectivity index (χ0) is 12.3. The van der Waals surface area contributed by atoms with Crippen LogP contribution in [-0.2, 0) is 4.74 Å². The molecule has 0 saturated carbocycles. The van der Waals surface area contributed by atoms with Gasteiger partial charge in [-0.05, 0) is 37.6 Å². The highest BCUT2D eigenvalue weighted by Gasteiger charge is 2.28. The first-order chi connectivity index (χ1) is 8.22. The van der Waals surface area contributed by atoms with Crippen LogP contribution in [0.2, 0.25) is 0 Å². The first kappa shape index (κ1) is 13.0. The van der Waals surface area contributed by atoms with E-state index in [4.69, 9.17) is 4.74 Å². The van der Waals surface area contributed by atoms with Crippen LogP contribution >= 0.6 is 15.9 Å². The number of rotatable bonds is 4. The molecule has 1 saturated heterocycles. The summed E-state index contributed by atoms with van der Waals surface area (Å²) in [5.41, 5.74) is 0.688. The lowest BCUT2D eigenvalue weighted by Crippen LogP contribution is -2.32. The predicted octanol–water partition coefficient (Wildman–Crippen LogP) is 3.42. The molecule has 0 aromatic heterocycles. The maximum atomic E-state index is 13.9. The summed E-state index contributed by atoms with van der Waals surface area (Å²) in [5.74, 6) is -0.172. The molecular formula is C13H17BrFNO. The zero-order valence-corrected chi connectivity index (χ0v) is 11.5. The predicted molar refractivity (Wildman–Crippen MR) is 69.5 cm³/mol. The number of hydrogen-bond donors (Lipinski definition) is 1. The van der Waals surface area contributed by atoms with Crippen molar-refractivity contribution in [1.82, 2.24) is 5.32 Å². The van der Waals surface area contributed by atoms with Crippen LogP contribution in [0, 0.1) is 5.82 Å². The van der Waals surface area contributed by atoms with E-state index >= 15 is 0 Å². The van der Waals surface area contributed by atoms with Crippen molar-refractivity contribution >= 4 is 15.9 Å². The molecule has 0 spiro atoms. The average molecular weight is 302 g/mol. The highest BCUT2D eigenvalue weighted by atomic mass is 79.9. The van der Waals surface area contributed by atoms with Gasteiger partial charge in [-0.25, -0.2) is 4.39 Å². The van der Waals surface area contributed by atoms with Crippen molar-refractivity contribution in [3.63, 3.8) is 0 Å². The Balaban J connectivity index is 2.27. The summed E-state index contributed by atoms with van der Waals surface area (Å²) in [6, 6.07) is 5.00. The number of halogens is 2. The van der Waals surface area contributed by atoms with Crippen molar-refractivity contribution < 1.29 is 9.13 Å². The molecule has 4 heteroatoms. The summed E-state index contributed by atoms with van der Waals surface area (Å²) in [6.07, 6.45) is 2.13. The minimum absolute atomic E-state index is 0.0556. The quantitative estimate of drug-likeness (QED) is 0.920. The summed E-state index contributed by atoms with van der Waals surface area (Å²) < 4.78 is 20.5. The third-order valence-electron chi connectivity index (χ3n) is 3.05. The first-order valence-electron chi connectivity index (χ1n) is 6.02. The van der Waals surface area contributed by atoms with Gasteiger partial charge in [-0.15, -0.1) is 0 Å². The first-order valence-corrected chi connectivity index (χ1v) is 6.81. The van der Waals surface area contributed by atoms with Gasteiger partial charge in [0.15, 0.2) is 0 Å². The standard InChI is InChI=1S/C13H17BrFNO/c1-2-16-13(12-4-3-7-17-12)10-8-9(14)5-6-11(10)15/h5-6,8,12-13,16H,2-4,7H2,1H3. The second-order valence-electron chi connectivity index (χ2n) is 4.25. The average Bonchev–Trinajstić information content (AvgIpc) is 2.83. The highest BCUT2D eigenvalue weighted by molar-refractivity contribution is 9.10. The fourth-order valence-corrected chi connectivity index (χ4v) is 2.66. The SMILES string of the molecule is CCNC(c1cc(Br)ccc1F)C1CCCO1. The van der Waals surface area contributed by atoms with Crippen molar-refractivity contribution in [2.45, 2.75) is 31.9 Å². The summed E-state index contributed by atoms with van der Waals surface area (Å²) in [7, 11) is 0. The number of likely N-dealkylation sites (N-methyl/N-ethyl adjacent to an activating group) is 1. The summed E-state index contributed by atoms with van der Waals surface area (Å²) >= 11 is 3.39. The van der Waals surface area contributed by atoms with Gasteiger partial charge in [0.05, 0.1) is 12.1 Å². The smallest absolute Gasteiger partial charge is 0.128 e. The zero-order valence-electron chi connectivity index (χ0n) is 9.88. The van der Waals surface area contributed by atoms with Gasteiger partial charge in [-0.2, -0.15) is 0 Å². The second kappa shape index (κ2) is 5.94. The maximum absolute atomic E-state index is 13.9. The lowest BCUT2D eigenvalue weighted by molar-refractivity contribution is 0.0776. The highest BCUT2D eigenvalue weighted by Crippen LogP contribution is 2.30. The Morgan fingerprint density at radius 3 is 3.06 bits per heavy atom. The molecule has 1 N–H and O–H groups in total. The van der Waals surface area contributed by atoms with E-state index in [2.05, 4.69) is 21.2 Å². The Labute approximate surface area is 110 Å². The van der Waals surface area contributed by atoms with Crippen LogP contribution in [0.15, 0.2) is 22.7 Å². The van der Waals surface area contributed by atoms with E-state index in [1.54, 1.807) is 6.07 Å². The lowest BCUT2D eigenvalue weighted by atomic mass is 9.99. The molecule has 94 valence electrons. The summed E-state index contributed by atoms with van der Waals surface area (Å²) in [5, 5.41) is 3.32. The van der Waals surface area contributed by atoms with E-state index in [0.717, 1.165) is 30.5 Å². The molecule has 0 radical (unpaired) electrons. The van der Waals surface area contributed by atoms with Gasteiger partial charge in [0.25, 0.3) is 0 Å². The molecule has 1 aromatic carbocycles. The normalized spacial score (nSPS) is 21.7. The molecule has 1 fully saturated rings. The molecule has 2 nitrogen and oxygen atoms in total. The Morgan fingerprint density at radius 2 is 2.41 bits per heavy atom. The molecule has 1 aliphatic rings. The third kappa shape index (κ3) is 3.06. The molecule has 0 bridgehead atoms. The number of benzene rings is 1. The molecule has 2 unspecified atom stereocenters. The molecule has 1 heterocycles. The van der Waals surface area contributed by atoms with Gasteiger partial charge in [0, 0.05) is 16.6 Å². The van der Waals surface area contributed by atoms with E-state index in [1.807, 2.05) is 13.0 Å². The van der Waals surface area contributed by atoms with E-state index in [-0.39, 0.29) is 18.0 Å². The molecule has 1 aromatic rings. The van der Waals surface area contributed by atoms with Crippen molar-refractivity contribution in [2.75, 3.05) is 13.2 Å². The van der Waals surface area contributed by atoms with Crippen molar-refractivity contribution in [3.05, 3.63) is 34.1 Å². The Kier molecular flexibility index (Phi) is 4.54. The van der Waals surface area contributed by atoms with Crippen LogP contribution in [0.5, 0.6) is 0 Å². The minimum atomic E-state index is -0.172. The van der Waals surface area contributed by atoms with Crippen LogP contribution in [0.3, 0.4) is 0 Å². The van der Waals surface area contributed by atoms with Gasteiger partial charge >= 0.3 is 0 Å². The van der Waals surface area contributed by atoms with Crippen molar-refractivity contribution in [3.8, 4) is 0 Å².